The number of hydrogen-bond donors (Lipinski definition) is 1. The molecule has 0 radical (unpaired) electrons. The van der Waals surface area contributed by atoms with E-state index in [1.807, 2.05) is 0 Å². The zero-order chi connectivity index (χ0) is 9.19. The summed E-state index contributed by atoms with van der Waals surface area (Å²) in [5, 5.41) is 9.34. The monoisotopic (exact) mass is 194 g/mol. The lowest BCUT2D eigenvalue weighted by Crippen LogP contribution is -2.33. The second kappa shape index (κ2) is 3.72. The minimum absolute atomic E-state index is 0.520. The third-order valence-corrected chi connectivity index (χ3v) is 2.56. The zero-order valence-electron chi connectivity index (χ0n) is 7.06. The van der Waals surface area contributed by atoms with Gasteiger partial charge in [-0.1, -0.05) is 12.8 Å². The Kier molecular flexibility index (Phi) is 3.09. The predicted octanol–water partition coefficient (Wildman–Crippen LogP) is 0.266. The van der Waals surface area contributed by atoms with Crippen molar-refractivity contribution in [3.63, 3.8) is 0 Å². The molecule has 1 rings (SSSR count). The van der Waals surface area contributed by atoms with Gasteiger partial charge in [0.25, 0.3) is 10.1 Å². The van der Waals surface area contributed by atoms with Crippen molar-refractivity contribution >= 4 is 10.1 Å². The molecule has 1 fully saturated rings. The maximum atomic E-state index is 10.7. The van der Waals surface area contributed by atoms with Crippen LogP contribution in [0.3, 0.4) is 0 Å². The Labute approximate surface area is 72.7 Å². The maximum absolute atomic E-state index is 10.7. The standard InChI is InChI=1S/C7H14O4S/c1-12(9,10)11-7-5-3-2-4-6(7)8/h6-8H,2-5H2,1H3/t6-,7+/m0/s1. The molecular formula is C7H14O4S. The quantitative estimate of drug-likeness (QED) is 0.641. The Balaban J connectivity index is 2.50. The van der Waals surface area contributed by atoms with Crippen molar-refractivity contribution in [2.75, 3.05) is 6.26 Å². The first kappa shape index (κ1) is 9.95. The SMILES string of the molecule is CS(=O)(=O)O[C@@H]1CCCC[C@@H]1O. The second-order valence-electron chi connectivity index (χ2n) is 3.19. The van der Waals surface area contributed by atoms with Crippen LogP contribution >= 0.6 is 0 Å². The fourth-order valence-electron chi connectivity index (χ4n) is 1.41. The molecule has 12 heavy (non-hydrogen) atoms. The van der Waals surface area contributed by atoms with Gasteiger partial charge in [0.05, 0.1) is 12.4 Å². The van der Waals surface area contributed by atoms with Crippen LogP contribution in [0.2, 0.25) is 0 Å². The molecule has 72 valence electrons. The lowest BCUT2D eigenvalue weighted by Gasteiger charge is -2.26. The average molecular weight is 194 g/mol. The molecule has 0 spiro atoms. The molecule has 0 aromatic carbocycles. The van der Waals surface area contributed by atoms with Crippen LogP contribution in [0, 0.1) is 0 Å². The van der Waals surface area contributed by atoms with Gasteiger partial charge in [-0.25, -0.2) is 0 Å². The summed E-state index contributed by atoms with van der Waals surface area (Å²) in [5.74, 6) is 0. The topological polar surface area (TPSA) is 63.6 Å². The number of hydrogen-bond acceptors (Lipinski definition) is 4. The first-order valence-electron chi connectivity index (χ1n) is 4.05. The van der Waals surface area contributed by atoms with Crippen LogP contribution < -0.4 is 0 Å². The van der Waals surface area contributed by atoms with Gasteiger partial charge in [0.2, 0.25) is 0 Å². The molecule has 1 aliphatic rings. The van der Waals surface area contributed by atoms with Gasteiger partial charge in [-0.15, -0.1) is 0 Å². The maximum Gasteiger partial charge on any atom is 0.264 e. The summed E-state index contributed by atoms with van der Waals surface area (Å²) in [4.78, 5) is 0. The van der Waals surface area contributed by atoms with Gasteiger partial charge < -0.3 is 5.11 Å². The summed E-state index contributed by atoms with van der Waals surface area (Å²) in [7, 11) is -3.42. The highest BCUT2D eigenvalue weighted by atomic mass is 32.2. The third kappa shape index (κ3) is 3.08. The Morgan fingerprint density at radius 2 is 1.92 bits per heavy atom. The van der Waals surface area contributed by atoms with Gasteiger partial charge in [-0.2, -0.15) is 8.42 Å². The van der Waals surface area contributed by atoms with Crippen LogP contribution in [0.1, 0.15) is 25.7 Å². The first-order chi connectivity index (χ1) is 5.49. The summed E-state index contributed by atoms with van der Waals surface area (Å²) < 4.78 is 26.1. The molecule has 0 aromatic rings. The molecular weight excluding hydrogens is 180 g/mol. The highest BCUT2D eigenvalue weighted by Crippen LogP contribution is 2.22. The third-order valence-electron chi connectivity index (χ3n) is 1.97. The zero-order valence-corrected chi connectivity index (χ0v) is 7.88. The molecule has 0 heterocycles. The normalized spacial score (nSPS) is 31.8. The Morgan fingerprint density at radius 3 is 2.42 bits per heavy atom. The van der Waals surface area contributed by atoms with E-state index in [2.05, 4.69) is 0 Å². The van der Waals surface area contributed by atoms with Gasteiger partial charge in [0.15, 0.2) is 0 Å². The molecule has 1 aliphatic carbocycles. The number of rotatable bonds is 2. The van der Waals surface area contributed by atoms with Gasteiger partial charge >= 0.3 is 0 Å². The van der Waals surface area contributed by atoms with E-state index in [9.17, 15) is 13.5 Å². The molecule has 0 amide bonds. The molecule has 0 aliphatic heterocycles. The van der Waals surface area contributed by atoms with Crippen molar-refractivity contribution in [3.05, 3.63) is 0 Å². The smallest absolute Gasteiger partial charge is 0.264 e. The lowest BCUT2D eigenvalue weighted by atomic mass is 9.95. The molecule has 2 atom stereocenters. The van der Waals surface area contributed by atoms with Crippen LogP contribution in [0.4, 0.5) is 0 Å². The Hall–Kier alpha value is -0.130. The Morgan fingerprint density at radius 1 is 1.33 bits per heavy atom. The Bertz CT molecular complexity index is 234. The largest absolute Gasteiger partial charge is 0.390 e. The van der Waals surface area contributed by atoms with Crippen molar-refractivity contribution < 1.29 is 17.7 Å². The summed E-state index contributed by atoms with van der Waals surface area (Å²) in [5.41, 5.74) is 0. The fourth-order valence-corrected chi connectivity index (χ4v) is 2.09. The fraction of sp³-hybridized carbons (Fsp3) is 1.00. The molecule has 0 unspecified atom stereocenters. The van der Waals surface area contributed by atoms with Gasteiger partial charge in [0.1, 0.15) is 6.10 Å². The average Bonchev–Trinajstić information content (AvgIpc) is 1.91. The molecule has 5 heteroatoms. The van der Waals surface area contributed by atoms with Gasteiger partial charge in [-0.05, 0) is 12.8 Å². The van der Waals surface area contributed by atoms with Crippen LogP contribution in [-0.2, 0) is 14.3 Å². The van der Waals surface area contributed by atoms with Crippen molar-refractivity contribution in [3.8, 4) is 0 Å². The van der Waals surface area contributed by atoms with Crippen molar-refractivity contribution in [2.24, 2.45) is 0 Å². The molecule has 0 saturated heterocycles. The molecule has 0 aromatic heterocycles. The molecule has 1 saturated carbocycles. The molecule has 4 nitrogen and oxygen atoms in total. The minimum Gasteiger partial charge on any atom is -0.390 e. The summed E-state index contributed by atoms with van der Waals surface area (Å²) in [6.07, 6.45) is 3.02. The van der Waals surface area contributed by atoms with E-state index in [1.54, 1.807) is 0 Å². The highest BCUT2D eigenvalue weighted by molar-refractivity contribution is 7.86. The second-order valence-corrected chi connectivity index (χ2v) is 4.79. The van der Waals surface area contributed by atoms with E-state index in [0.717, 1.165) is 19.1 Å². The van der Waals surface area contributed by atoms with E-state index >= 15 is 0 Å². The van der Waals surface area contributed by atoms with E-state index in [-0.39, 0.29) is 0 Å². The summed E-state index contributed by atoms with van der Waals surface area (Å²) >= 11 is 0. The van der Waals surface area contributed by atoms with Gasteiger partial charge in [0, 0.05) is 0 Å². The van der Waals surface area contributed by atoms with E-state index < -0.39 is 22.3 Å². The van der Waals surface area contributed by atoms with Crippen molar-refractivity contribution in [1.29, 1.82) is 0 Å². The summed E-state index contributed by atoms with van der Waals surface area (Å²) in [6, 6.07) is 0. The van der Waals surface area contributed by atoms with Crippen molar-refractivity contribution in [2.45, 2.75) is 37.9 Å². The number of aliphatic hydroxyl groups is 1. The van der Waals surface area contributed by atoms with E-state index in [4.69, 9.17) is 4.18 Å². The van der Waals surface area contributed by atoms with E-state index in [0.29, 0.717) is 12.8 Å². The molecule has 0 bridgehead atoms. The van der Waals surface area contributed by atoms with Gasteiger partial charge in [-0.3, -0.25) is 4.18 Å². The number of aliphatic hydroxyl groups excluding tert-OH is 1. The van der Waals surface area contributed by atoms with Crippen LogP contribution in [-0.4, -0.2) is 32.0 Å². The molecule has 1 N–H and O–H groups in total. The predicted molar refractivity (Wildman–Crippen MR) is 44.2 cm³/mol. The summed E-state index contributed by atoms with van der Waals surface area (Å²) in [6.45, 7) is 0. The van der Waals surface area contributed by atoms with Crippen molar-refractivity contribution in [1.82, 2.24) is 0 Å². The van der Waals surface area contributed by atoms with Crippen LogP contribution in [0.5, 0.6) is 0 Å². The van der Waals surface area contributed by atoms with E-state index in [1.165, 1.54) is 0 Å². The lowest BCUT2D eigenvalue weighted by molar-refractivity contribution is 0.0110. The highest BCUT2D eigenvalue weighted by Gasteiger charge is 2.26. The van der Waals surface area contributed by atoms with Crippen LogP contribution in [0.15, 0.2) is 0 Å². The minimum atomic E-state index is -3.42. The first-order valence-corrected chi connectivity index (χ1v) is 5.87. The van der Waals surface area contributed by atoms with Crippen LogP contribution in [0.25, 0.3) is 0 Å².